The predicted molar refractivity (Wildman–Crippen MR) is 89.5 cm³/mol. The zero-order valence-corrected chi connectivity index (χ0v) is 13.8. The molecule has 1 aromatic carbocycles. The van der Waals surface area contributed by atoms with Crippen molar-refractivity contribution in [3.63, 3.8) is 0 Å². The van der Waals surface area contributed by atoms with E-state index in [1.54, 1.807) is 11.8 Å². The van der Waals surface area contributed by atoms with Crippen molar-refractivity contribution >= 4 is 23.4 Å². The molecule has 1 aromatic heterocycles. The molecular weight excluding hydrogens is 298 g/mol. The summed E-state index contributed by atoms with van der Waals surface area (Å²) >= 11 is 1.36. The van der Waals surface area contributed by atoms with Gasteiger partial charge in [-0.25, -0.2) is 4.98 Å². The molecule has 0 atom stereocenters. The summed E-state index contributed by atoms with van der Waals surface area (Å²) in [4.78, 5) is 30.7. The molecule has 0 N–H and O–H groups in total. The third-order valence-corrected chi connectivity index (χ3v) is 3.94. The Balaban J connectivity index is 2.30. The fourth-order valence-electron chi connectivity index (χ4n) is 2.23. The van der Waals surface area contributed by atoms with Gasteiger partial charge in [-0.2, -0.15) is 0 Å². The molecule has 0 spiro atoms. The number of nitrogens with zero attached hydrogens (tertiary/aromatic N) is 3. The summed E-state index contributed by atoms with van der Waals surface area (Å²) in [6.07, 6.45) is 1.84. The van der Waals surface area contributed by atoms with Crippen LogP contribution in [0.15, 0.2) is 46.3 Å². The summed E-state index contributed by atoms with van der Waals surface area (Å²) in [5.74, 6) is -0.128. The average molecular weight is 317 g/mol. The summed E-state index contributed by atoms with van der Waals surface area (Å²) in [7, 11) is 0. The molecule has 0 saturated carbocycles. The predicted octanol–water partition coefficient (Wildman–Crippen LogP) is 2.33. The first kappa shape index (κ1) is 16.3. The Bertz CT molecular complexity index is 713. The maximum Gasteiger partial charge on any atom is 0.254 e. The van der Waals surface area contributed by atoms with Gasteiger partial charge in [0, 0.05) is 24.0 Å². The third-order valence-electron chi connectivity index (χ3n) is 3.26. The van der Waals surface area contributed by atoms with E-state index in [0.29, 0.717) is 17.4 Å². The first-order valence-electron chi connectivity index (χ1n) is 7.04. The minimum absolute atomic E-state index is 0.00891. The fraction of sp³-hybridized carbons (Fsp3) is 0.312. The topological polar surface area (TPSA) is 55.2 Å². The lowest BCUT2D eigenvalue weighted by molar-refractivity contribution is -0.119. The molecule has 2 aromatic rings. The lowest BCUT2D eigenvalue weighted by Gasteiger charge is -2.22. The number of thioether (sulfide) groups is 1. The molecule has 0 aliphatic rings. The van der Waals surface area contributed by atoms with Gasteiger partial charge in [0.15, 0.2) is 5.16 Å². The molecule has 0 aliphatic carbocycles. The minimum atomic E-state index is -0.200. The fourth-order valence-corrected chi connectivity index (χ4v) is 2.84. The number of benzene rings is 1. The van der Waals surface area contributed by atoms with E-state index in [4.69, 9.17) is 0 Å². The zero-order valence-electron chi connectivity index (χ0n) is 12.9. The highest BCUT2D eigenvalue weighted by atomic mass is 32.2. The Labute approximate surface area is 134 Å². The number of amides is 1. The second-order valence-electron chi connectivity index (χ2n) is 4.78. The van der Waals surface area contributed by atoms with Crippen LogP contribution in [0.1, 0.15) is 12.6 Å². The highest BCUT2D eigenvalue weighted by Crippen LogP contribution is 2.15. The maximum absolute atomic E-state index is 12.6. The van der Waals surface area contributed by atoms with Crippen LogP contribution in [0.3, 0.4) is 0 Å². The van der Waals surface area contributed by atoms with Crippen LogP contribution in [0, 0.1) is 6.92 Å². The molecule has 1 amide bonds. The SMILES string of the molecule is CCN(C(=O)Cn1c(SC)nc(C)cc1=O)c1ccccc1. The number of carbonyl (C=O) groups excluding carboxylic acids is 1. The van der Waals surface area contributed by atoms with Gasteiger partial charge in [-0.1, -0.05) is 30.0 Å². The number of hydrogen-bond donors (Lipinski definition) is 0. The van der Waals surface area contributed by atoms with Crippen LogP contribution in [0.5, 0.6) is 0 Å². The highest BCUT2D eigenvalue weighted by molar-refractivity contribution is 7.98. The van der Waals surface area contributed by atoms with Gasteiger partial charge in [0.25, 0.3) is 5.56 Å². The lowest BCUT2D eigenvalue weighted by Crippen LogP contribution is -2.37. The van der Waals surface area contributed by atoms with Gasteiger partial charge in [-0.3, -0.25) is 14.2 Å². The van der Waals surface area contributed by atoms with Crippen LogP contribution in [0.25, 0.3) is 0 Å². The van der Waals surface area contributed by atoms with E-state index in [2.05, 4.69) is 4.98 Å². The van der Waals surface area contributed by atoms with Gasteiger partial charge in [0.2, 0.25) is 5.91 Å². The number of hydrogen-bond acceptors (Lipinski definition) is 4. The molecule has 2 rings (SSSR count). The number of likely N-dealkylation sites (N-methyl/N-ethyl adjacent to an activating group) is 1. The average Bonchev–Trinajstić information content (AvgIpc) is 2.51. The summed E-state index contributed by atoms with van der Waals surface area (Å²) in [5.41, 5.74) is 1.29. The van der Waals surface area contributed by atoms with Crippen molar-refractivity contribution < 1.29 is 4.79 Å². The minimum Gasteiger partial charge on any atom is -0.311 e. The Morgan fingerprint density at radius 2 is 2.00 bits per heavy atom. The molecule has 0 aliphatic heterocycles. The molecule has 6 heteroatoms. The molecular formula is C16H19N3O2S. The van der Waals surface area contributed by atoms with E-state index >= 15 is 0 Å². The molecule has 0 fully saturated rings. The van der Waals surface area contributed by atoms with Crippen LogP contribution in [-0.2, 0) is 11.3 Å². The maximum atomic E-state index is 12.6. The number of rotatable bonds is 5. The lowest BCUT2D eigenvalue weighted by atomic mass is 10.3. The highest BCUT2D eigenvalue weighted by Gasteiger charge is 2.17. The van der Waals surface area contributed by atoms with Gasteiger partial charge in [0.1, 0.15) is 6.54 Å². The second-order valence-corrected chi connectivity index (χ2v) is 5.56. The van der Waals surface area contributed by atoms with Crippen molar-refractivity contribution in [2.45, 2.75) is 25.5 Å². The number of carbonyl (C=O) groups is 1. The standard InChI is InChI=1S/C16H19N3O2S/c1-4-18(13-8-6-5-7-9-13)15(21)11-19-14(20)10-12(2)17-16(19)22-3/h5-10H,4,11H2,1-3H3. The van der Waals surface area contributed by atoms with Gasteiger partial charge in [-0.15, -0.1) is 0 Å². The van der Waals surface area contributed by atoms with Gasteiger partial charge >= 0.3 is 0 Å². The second kappa shape index (κ2) is 7.26. The van der Waals surface area contributed by atoms with E-state index in [9.17, 15) is 9.59 Å². The molecule has 1 heterocycles. The van der Waals surface area contributed by atoms with E-state index in [1.807, 2.05) is 43.5 Å². The van der Waals surface area contributed by atoms with E-state index in [1.165, 1.54) is 22.4 Å². The molecule has 116 valence electrons. The van der Waals surface area contributed by atoms with Crippen LogP contribution >= 0.6 is 11.8 Å². The summed E-state index contributed by atoms with van der Waals surface area (Å²) in [5, 5.41) is 0.558. The molecule has 0 bridgehead atoms. The van der Waals surface area contributed by atoms with Crippen LogP contribution < -0.4 is 10.5 Å². The van der Waals surface area contributed by atoms with Crippen molar-refractivity contribution in [1.82, 2.24) is 9.55 Å². The van der Waals surface area contributed by atoms with Crippen molar-refractivity contribution in [3.8, 4) is 0 Å². The molecule has 22 heavy (non-hydrogen) atoms. The third kappa shape index (κ3) is 3.57. The number of anilines is 1. The molecule has 0 radical (unpaired) electrons. The number of aromatic nitrogens is 2. The normalized spacial score (nSPS) is 10.5. The molecule has 0 saturated heterocycles. The van der Waals surface area contributed by atoms with Crippen molar-refractivity contribution in [3.05, 3.63) is 52.4 Å². The van der Waals surface area contributed by atoms with Crippen molar-refractivity contribution in [2.24, 2.45) is 0 Å². The summed E-state index contributed by atoms with van der Waals surface area (Å²) in [6, 6.07) is 10.9. The largest absolute Gasteiger partial charge is 0.311 e. The number of para-hydroxylation sites is 1. The summed E-state index contributed by atoms with van der Waals surface area (Å²) in [6.45, 7) is 4.22. The number of aryl methyl sites for hydroxylation is 1. The Hall–Kier alpha value is -2.08. The monoisotopic (exact) mass is 317 g/mol. The quantitative estimate of drug-likeness (QED) is 0.627. The first-order chi connectivity index (χ1) is 10.6. The smallest absolute Gasteiger partial charge is 0.254 e. The first-order valence-corrected chi connectivity index (χ1v) is 8.27. The summed E-state index contributed by atoms with van der Waals surface area (Å²) < 4.78 is 1.42. The Morgan fingerprint density at radius 1 is 1.32 bits per heavy atom. The zero-order chi connectivity index (χ0) is 16.1. The molecule has 5 nitrogen and oxygen atoms in total. The van der Waals surface area contributed by atoms with Gasteiger partial charge in [-0.05, 0) is 32.2 Å². The van der Waals surface area contributed by atoms with Crippen LogP contribution in [0.2, 0.25) is 0 Å². The van der Waals surface area contributed by atoms with E-state index < -0.39 is 0 Å². The van der Waals surface area contributed by atoms with E-state index in [0.717, 1.165) is 5.69 Å². The van der Waals surface area contributed by atoms with Crippen molar-refractivity contribution in [1.29, 1.82) is 0 Å². The van der Waals surface area contributed by atoms with E-state index in [-0.39, 0.29) is 18.0 Å². The van der Waals surface area contributed by atoms with Gasteiger partial charge in [0.05, 0.1) is 0 Å². The molecule has 0 unspecified atom stereocenters. The van der Waals surface area contributed by atoms with Gasteiger partial charge < -0.3 is 4.90 Å². The Kier molecular flexibility index (Phi) is 5.38. The van der Waals surface area contributed by atoms with Crippen molar-refractivity contribution in [2.75, 3.05) is 17.7 Å². The van der Waals surface area contributed by atoms with Crippen LogP contribution in [-0.4, -0.2) is 28.3 Å². The van der Waals surface area contributed by atoms with Crippen LogP contribution in [0.4, 0.5) is 5.69 Å². The Morgan fingerprint density at radius 3 is 2.59 bits per heavy atom.